The average Bonchev–Trinajstić information content (AvgIpc) is 3.67. The van der Waals surface area contributed by atoms with Crippen LogP contribution >= 0.6 is 0 Å². The maximum Gasteiger partial charge on any atom is 0.435 e. The minimum atomic E-state index is -5.04. The van der Waals surface area contributed by atoms with E-state index in [1.807, 2.05) is 14.6 Å². The molecule has 43 heavy (non-hydrogen) atoms. The van der Waals surface area contributed by atoms with E-state index in [4.69, 9.17) is 15.5 Å². The Kier molecular flexibility index (Phi) is 6.69. The number of amides is 2. The van der Waals surface area contributed by atoms with Gasteiger partial charge in [0.2, 0.25) is 11.7 Å². The first-order valence-corrected chi connectivity index (χ1v) is 13.8. The van der Waals surface area contributed by atoms with E-state index in [1.54, 1.807) is 24.5 Å². The molecule has 1 unspecified atom stereocenters. The number of allylic oxidation sites excluding steroid dienone is 1. The van der Waals surface area contributed by atoms with Crippen molar-refractivity contribution in [1.29, 1.82) is 0 Å². The van der Waals surface area contributed by atoms with Gasteiger partial charge in [0.1, 0.15) is 22.9 Å². The number of rotatable bonds is 6. The van der Waals surface area contributed by atoms with Crippen molar-refractivity contribution in [2.45, 2.75) is 63.0 Å². The second-order valence-electron chi connectivity index (χ2n) is 10.8. The van der Waals surface area contributed by atoms with E-state index in [1.165, 1.54) is 19.1 Å². The number of fused-ring (bicyclic) bond motifs is 2. The second kappa shape index (κ2) is 10.2. The number of nitrogen functional groups attached to an aromatic ring is 1. The normalized spacial score (nSPS) is 23.7. The number of carboxylic acid groups (broad SMARTS) is 1. The first-order chi connectivity index (χ1) is 20.4. The van der Waals surface area contributed by atoms with E-state index < -0.39 is 35.4 Å². The van der Waals surface area contributed by atoms with Crippen LogP contribution in [0.1, 0.15) is 61.1 Å². The lowest BCUT2D eigenvalue weighted by atomic mass is 9.92. The third-order valence-corrected chi connectivity index (χ3v) is 8.24. The number of nitrogens with two attached hydrogens (primary N) is 1. The van der Waals surface area contributed by atoms with Crippen LogP contribution in [0, 0.1) is 0 Å². The lowest BCUT2D eigenvalue weighted by molar-refractivity contribution is -0.140. The van der Waals surface area contributed by atoms with Crippen LogP contribution in [0.2, 0.25) is 0 Å². The molecule has 0 aliphatic carbocycles. The van der Waals surface area contributed by atoms with Gasteiger partial charge in [0.05, 0.1) is 0 Å². The van der Waals surface area contributed by atoms with Crippen LogP contribution in [0.15, 0.2) is 48.1 Å². The Morgan fingerprint density at radius 1 is 1.23 bits per heavy atom. The lowest BCUT2D eigenvalue weighted by Crippen LogP contribution is -2.57. The zero-order valence-corrected chi connectivity index (χ0v) is 22.9. The Morgan fingerprint density at radius 2 is 1.98 bits per heavy atom. The smallest absolute Gasteiger partial charge is 0.435 e. The van der Waals surface area contributed by atoms with Crippen molar-refractivity contribution < 1.29 is 37.4 Å². The number of nitrogens with one attached hydrogen (secondary N) is 2. The van der Waals surface area contributed by atoms with E-state index in [-0.39, 0.29) is 35.7 Å². The van der Waals surface area contributed by atoms with Crippen molar-refractivity contribution in [1.82, 2.24) is 29.9 Å². The zero-order valence-electron chi connectivity index (χ0n) is 22.9. The number of hydrogen-bond donors (Lipinski definition) is 4. The van der Waals surface area contributed by atoms with Crippen molar-refractivity contribution in [2.24, 2.45) is 0 Å². The lowest BCUT2D eigenvalue weighted by Gasteiger charge is -2.34. The Balaban J connectivity index is 1.26. The van der Waals surface area contributed by atoms with Crippen molar-refractivity contribution in [3.63, 3.8) is 0 Å². The van der Waals surface area contributed by atoms with Gasteiger partial charge in [-0.3, -0.25) is 19.3 Å². The van der Waals surface area contributed by atoms with Gasteiger partial charge in [-0.1, -0.05) is 19.1 Å². The predicted molar refractivity (Wildman–Crippen MR) is 145 cm³/mol. The highest BCUT2D eigenvalue weighted by molar-refractivity contribution is 5.96. The number of carboxylic acids is 1. The van der Waals surface area contributed by atoms with Gasteiger partial charge in [0, 0.05) is 54.9 Å². The van der Waals surface area contributed by atoms with Gasteiger partial charge in [-0.2, -0.15) is 13.2 Å². The molecule has 5 N–H and O–H groups in total. The molecule has 2 aromatic heterocycles. The minimum absolute atomic E-state index is 0.0126. The Labute approximate surface area is 242 Å². The average molecular weight is 600 g/mol. The van der Waals surface area contributed by atoms with Crippen molar-refractivity contribution in [2.75, 3.05) is 12.3 Å². The summed E-state index contributed by atoms with van der Waals surface area (Å²) in [4.78, 5) is 48.0. The summed E-state index contributed by atoms with van der Waals surface area (Å²) in [6, 6.07) is 6.44. The van der Waals surface area contributed by atoms with Gasteiger partial charge >= 0.3 is 12.1 Å². The molecule has 0 spiro atoms. The molecule has 3 atom stereocenters. The number of imidazole rings is 1. The molecule has 5 heterocycles. The number of alkyl halides is 3. The maximum atomic E-state index is 13.4. The van der Waals surface area contributed by atoms with E-state index >= 15 is 0 Å². The van der Waals surface area contributed by atoms with Crippen LogP contribution in [0.4, 0.5) is 19.0 Å². The van der Waals surface area contributed by atoms with Crippen LogP contribution < -0.4 is 16.4 Å². The molecule has 0 saturated carbocycles. The summed E-state index contributed by atoms with van der Waals surface area (Å²) in [6.07, 6.45) is 1.27. The first-order valence-electron chi connectivity index (χ1n) is 13.8. The minimum Gasteiger partial charge on any atom is -0.475 e. The third-order valence-electron chi connectivity index (χ3n) is 8.24. The predicted octanol–water partition coefficient (Wildman–Crippen LogP) is 3.12. The SMILES string of the molecule is CCC1(NC(=O)c2ccc(-c3nc([C@@H]4CC[C@H]5CCC(=O)N5C4)n4ccnc(N)c34)cc2)NC(C(F)(F)F)=C(C(=O)O)O1. The number of benzene rings is 1. The summed E-state index contributed by atoms with van der Waals surface area (Å²) in [6.45, 7) is 1.99. The Morgan fingerprint density at radius 3 is 2.63 bits per heavy atom. The summed E-state index contributed by atoms with van der Waals surface area (Å²) in [7, 11) is 0. The van der Waals surface area contributed by atoms with E-state index in [9.17, 15) is 32.7 Å². The molecule has 3 aliphatic rings. The number of carbonyl (C=O) groups is 3. The van der Waals surface area contributed by atoms with Gasteiger partial charge < -0.3 is 25.8 Å². The third kappa shape index (κ3) is 4.87. The quantitative estimate of drug-likeness (QED) is 0.333. The van der Waals surface area contributed by atoms with Crippen LogP contribution in [0.5, 0.6) is 0 Å². The highest BCUT2D eigenvalue weighted by Crippen LogP contribution is 2.39. The van der Waals surface area contributed by atoms with Crippen LogP contribution in [-0.2, 0) is 14.3 Å². The number of halogens is 3. The summed E-state index contributed by atoms with van der Waals surface area (Å²) < 4.78 is 47.3. The fourth-order valence-corrected chi connectivity index (χ4v) is 6.05. The summed E-state index contributed by atoms with van der Waals surface area (Å²) in [5, 5.41) is 13.6. The molecule has 12 nitrogen and oxygen atoms in total. The van der Waals surface area contributed by atoms with E-state index in [2.05, 4.69) is 10.3 Å². The molecule has 6 rings (SSSR count). The van der Waals surface area contributed by atoms with Gasteiger partial charge in [-0.25, -0.2) is 14.8 Å². The molecule has 226 valence electrons. The number of anilines is 1. The number of piperidine rings is 1. The topological polar surface area (TPSA) is 164 Å². The number of hydrogen-bond acceptors (Lipinski definition) is 8. The maximum absolute atomic E-state index is 13.4. The standard InChI is InChI=1S/C28H28F3N7O5/c1-2-27(35-22(28(29,30)31)21(43-27)26(41)42)36-25(40)15-5-3-14(4-6-15)19-20-23(32)33-11-12-37(20)24(34-19)16-7-8-17-9-10-18(39)38(17)13-16/h3-6,11-12,16-17,35H,2,7-10,13H2,1H3,(H2,32,33)(H,36,40)(H,41,42)/t16-,17+,27?/m1/s1. The number of nitrogens with zero attached hydrogens (tertiary/aromatic N) is 4. The molecular weight excluding hydrogens is 571 g/mol. The summed E-state index contributed by atoms with van der Waals surface area (Å²) in [5.41, 5.74) is 6.48. The second-order valence-corrected chi connectivity index (χ2v) is 10.8. The summed E-state index contributed by atoms with van der Waals surface area (Å²) in [5.74, 6) is -5.02. The van der Waals surface area contributed by atoms with Crippen LogP contribution in [0.3, 0.4) is 0 Å². The van der Waals surface area contributed by atoms with Crippen LogP contribution in [-0.4, -0.2) is 66.8 Å². The fourth-order valence-electron chi connectivity index (χ4n) is 6.05. The molecule has 15 heteroatoms. The number of ether oxygens (including phenoxy) is 1. The Bertz CT molecular complexity index is 1670. The number of carbonyl (C=O) groups excluding carboxylic acids is 2. The number of aliphatic carboxylic acids is 1. The van der Waals surface area contributed by atoms with Crippen LogP contribution in [0.25, 0.3) is 16.8 Å². The van der Waals surface area contributed by atoms with Gasteiger partial charge in [-0.15, -0.1) is 0 Å². The van der Waals surface area contributed by atoms with Crippen molar-refractivity contribution >= 4 is 29.1 Å². The molecule has 1 aromatic carbocycles. The largest absolute Gasteiger partial charge is 0.475 e. The first kappa shape index (κ1) is 28.3. The summed E-state index contributed by atoms with van der Waals surface area (Å²) >= 11 is 0. The van der Waals surface area contributed by atoms with E-state index in [0.717, 1.165) is 25.1 Å². The molecular formula is C28H28F3N7O5. The highest BCUT2D eigenvalue weighted by Gasteiger charge is 2.52. The highest BCUT2D eigenvalue weighted by atomic mass is 19.4. The van der Waals surface area contributed by atoms with Gasteiger partial charge in [0.15, 0.2) is 5.70 Å². The van der Waals surface area contributed by atoms with Gasteiger partial charge in [-0.05, 0) is 31.4 Å². The van der Waals surface area contributed by atoms with Crippen molar-refractivity contribution in [3.8, 4) is 11.3 Å². The van der Waals surface area contributed by atoms with Gasteiger partial charge in [0.25, 0.3) is 11.8 Å². The molecule has 2 amide bonds. The monoisotopic (exact) mass is 599 g/mol. The molecule has 3 aliphatic heterocycles. The molecule has 2 saturated heterocycles. The number of aromatic nitrogens is 3. The zero-order chi connectivity index (χ0) is 30.7. The van der Waals surface area contributed by atoms with E-state index in [0.29, 0.717) is 29.7 Å². The Hall–Kier alpha value is -4.82. The molecule has 2 fully saturated rings. The molecule has 0 bridgehead atoms. The fraction of sp³-hybridized carbons (Fsp3) is 0.393. The molecule has 0 radical (unpaired) electrons. The van der Waals surface area contributed by atoms with Crippen molar-refractivity contribution in [3.05, 3.63) is 59.5 Å². The molecule has 3 aromatic rings.